The third-order valence-electron chi connectivity index (χ3n) is 3.07. The number of anilines is 1. The van der Waals surface area contributed by atoms with Crippen molar-refractivity contribution in [3.05, 3.63) is 30.1 Å². The van der Waals surface area contributed by atoms with Gasteiger partial charge in [0.25, 0.3) is 0 Å². The van der Waals surface area contributed by atoms with Crippen molar-refractivity contribution in [1.82, 2.24) is 15.5 Å². The third-order valence-corrected chi connectivity index (χ3v) is 3.07. The largest absolute Gasteiger partial charge is 0.350 e. The van der Waals surface area contributed by atoms with Crippen LogP contribution in [0.2, 0.25) is 0 Å². The highest BCUT2D eigenvalue weighted by molar-refractivity contribution is 6.01. The van der Waals surface area contributed by atoms with Gasteiger partial charge in [0.05, 0.1) is 18.8 Å². The number of imide groups is 1. The maximum atomic E-state index is 13.5. The first kappa shape index (κ1) is 20.6. The molecule has 0 atom stereocenters. The Kier molecular flexibility index (Phi) is 7.50. The van der Waals surface area contributed by atoms with Crippen LogP contribution in [0.1, 0.15) is 27.7 Å². The van der Waals surface area contributed by atoms with Crippen LogP contribution in [-0.4, -0.2) is 47.9 Å². The van der Waals surface area contributed by atoms with Gasteiger partial charge in [-0.3, -0.25) is 19.8 Å². The molecular formula is C17H25FN4O3. The number of hydrogen-bond acceptors (Lipinski definition) is 4. The van der Waals surface area contributed by atoms with Gasteiger partial charge in [-0.2, -0.15) is 0 Å². The van der Waals surface area contributed by atoms with Crippen LogP contribution < -0.4 is 16.0 Å². The summed E-state index contributed by atoms with van der Waals surface area (Å²) in [5.41, 5.74) is -0.386. The van der Waals surface area contributed by atoms with Crippen LogP contribution in [0.5, 0.6) is 0 Å². The Balaban J connectivity index is 2.49. The van der Waals surface area contributed by atoms with Gasteiger partial charge < -0.3 is 10.6 Å². The lowest BCUT2D eigenvalue weighted by atomic mass is 10.1. The SMILES string of the molecule is CCN(CC(=O)NC(=O)Nc1ccccc1F)CC(=O)NC(C)(C)C. The van der Waals surface area contributed by atoms with Crippen LogP contribution in [0.4, 0.5) is 14.9 Å². The molecule has 4 amide bonds. The summed E-state index contributed by atoms with van der Waals surface area (Å²) in [5, 5.41) is 7.18. The summed E-state index contributed by atoms with van der Waals surface area (Å²) >= 11 is 0. The minimum atomic E-state index is -0.828. The fraction of sp³-hybridized carbons (Fsp3) is 0.471. The molecule has 0 unspecified atom stereocenters. The monoisotopic (exact) mass is 352 g/mol. The van der Waals surface area contributed by atoms with E-state index in [4.69, 9.17) is 0 Å². The molecule has 3 N–H and O–H groups in total. The highest BCUT2D eigenvalue weighted by Crippen LogP contribution is 2.11. The smallest absolute Gasteiger partial charge is 0.326 e. The van der Waals surface area contributed by atoms with Gasteiger partial charge in [0.1, 0.15) is 5.82 Å². The maximum Gasteiger partial charge on any atom is 0.326 e. The lowest BCUT2D eigenvalue weighted by Gasteiger charge is -2.24. The van der Waals surface area contributed by atoms with E-state index in [0.717, 1.165) is 0 Å². The van der Waals surface area contributed by atoms with Crippen molar-refractivity contribution < 1.29 is 18.8 Å². The molecule has 0 fully saturated rings. The van der Waals surface area contributed by atoms with Crippen LogP contribution >= 0.6 is 0 Å². The first-order valence-electron chi connectivity index (χ1n) is 7.99. The molecule has 8 heteroatoms. The fourth-order valence-corrected chi connectivity index (χ4v) is 2.03. The van der Waals surface area contributed by atoms with Crippen molar-refractivity contribution in [3.8, 4) is 0 Å². The second-order valence-corrected chi connectivity index (χ2v) is 6.58. The molecule has 1 rings (SSSR count). The minimum absolute atomic E-state index is 0.0234. The highest BCUT2D eigenvalue weighted by atomic mass is 19.1. The van der Waals surface area contributed by atoms with Crippen molar-refractivity contribution in [2.75, 3.05) is 25.0 Å². The normalized spacial score (nSPS) is 11.1. The molecule has 0 heterocycles. The van der Waals surface area contributed by atoms with Gasteiger partial charge in [0.2, 0.25) is 11.8 Å². The molecule has 0 saturated heterocycles. The van der Waals surface area contributed by atoms with E-state index < -0.39 is 17.8 Å². The van der Waals surface area contributed by atoms with E-state index in [1.165, 1.54) is 18.2 Å². The van der Waals surface area contributed by atoms with Crippen molar-refractivity contribution in [3.63, 3.8) is 0 Å². The second kappa shape index (κ2) is 9.12. The molecule has 25 heavy (non-hydrogen) atoms. The molecule has 0 aliphatic carbocycles. The minimum Gasteiger partial charge on any atom is -0.350 e. The van der Waals surface area contributed by atoms with Gasteiger partial charge in [-0.25, -0.2) is 9.18 Å². The zero-order chi connectivity index (χ0) is 19.0. The van der Waals surface area contributed by atoms with Crippen LogP contribution in [-0.2, 0) is 9.59 Å². The Bertz CT molecular complexity index is 629. The van der Waals surface area contributed by atoms with Gasteiger partial charge in [-0.1, -0.05) is 19.1 Å². The summed E-state index contributed by atoms with van der Waals surface area (Å²) in [7, 11) is 0. The number of halogens is 1. The first-order chi connectivity index (χ1) is 11.6. The average Bonchev–Trinajstić information content (AvgIpc) is 2.46. The number of nitrogens with zero attached hydrogens (tertiary/aromatic N) is 1. The predicted octanol–water partition coefficient (Wildman–Crippen LogP) is 1.71. The van der Waals surface area contributed by atoms with Gasteiger partial charge in [0.15, 0.2) is 0 Å². The number of benzene rings is 1. The Morgan fingerprint density at radius 1 is 1.08 bits per heavy atom. The lowest BCUT2D eigenvalue weighted by Crippen LogP contribution is -2.48. The summed E-state index contributed by atoms with van der Waals surface area (Å²) in [6, 6.07) is 4.81. The third kappa shape index (κ3) is 8.25. The topological polar surface area (TPSA) is 90.5 Å². The number of para-hydroxylation sites is 1. The van der Waals surface area contributed by atoms with Crippen molar-refractivity contribution in [2.45, 2.75) is 33.2 Å². The number of likely N-dealkylation sites (N-methyl/N-ethyl adjacent to an activating group) is 1. The summed E-state index contributed by atoms with van der Waals surface area (Å²) in [4.78, 5) is 37.2. The summed E-state index contributed by atoms with van der Waals surface area (Å²) in [5.74, 6) is -1.39. The number of nitrogens with one attached hydrogen (secondary N) is 3. The molecule has 1 aromatic carbocycles. The van der Waals surface area contributed by atoms with Gasteiger partial charge in [-0.15, -0.1) is 0 Å². The van der Waals surface area contributed by atoms with Crippen molar-refractivity contribution >= 4 is 23.5 Å². The molecule has 0 radical (unpaired) electrons. The Morgan fingerprint density at radius 3 is 2.24 bits per heavy atom. The predicted molar refractivity (Wildman–Crippen MR) is 93.6 cm³/mol. The zero-order valence-electron chi connectivity index (χ0n) is 15.0. The summed E-state index contributed by atoms with van der Waals surface area (Å²) in [6.45, 7) is 7.76. The lowest BCUT2D eigenvalue weighted by molar-refractivity contribution is -0.125. The molecule has 0 aliphatic rings. The number of rotatable bonds is 6. The van der Waals surface area contributed by atoms with Gasteiger partial charge in [0, 0.05) is 5.54 Å². The summed E-state index contributed by atoms with van der Waals surface area (Å²) < 4.78 is 13.5. The number of hydrogen-bond donors (Lipinski definition) is 3. The van der Waals surface area contributed by atoms with E-state index in [1.807, 2.05) is 20.8 Å². The van der Waals surface area contributed by atoms with Crippen LogP contribution in [0.3, 0.4) is 0 Å². The van der Waals surface area contributed by atoms with Crippen molar-refractivity contribution in [2.24, 2.45) is 0 Å². The number of urea groups is 1. The molecule has 0 spiro atoms. The Hall–Kier alpha value is -2.48. The van der Waals surface area contributed by atoms with E-state index in [9.17, 15) is 18.8 Å². The molecule has 0 bridgehead atoms. The molecule has 7 nitrogen and oxygen atoms in total. The van der Waals surface area contributed by atoms with E-state index >= 15 is 0 Å². The van der Waals surface area contributed by atoms with Crippen LogP contribution in [0.25, 0.3) is 0 Å². The van der Waals surface area contributed by atoms with Gasteiger partial charge in [-0.05, 0) is 39.4 Å². The van der Waals surface area contributed by atoms with E-state index in [-0.39, 0.29) is 30.2 Å². The number of carbonyl (C=O) groups excluding carboxylic acids is 3. The number of amides is 4. The van der Waals surface area contributed by atoms with E-state index in [0.29, 0.717) is 6.54 Å². The molecule has 0 saturated carbocycles. The second-order valence-electron chi connectivity index (χ2n) is 6.58. The maximum absolute atomic E-state index is 13.5. The Labute approximate surface area is 147 Å². The van der Waals surface area contributed by atoms with E-state index in [2.05, 4.69) is 16.0 Å². The first-order valence-corrected chi connectivity index (χ1v) is 7.99. The van der Waals surface area contributed by atoms with Gasteiger partial charge >= 0.3 is 6.03 Å². The number of carbonyl (C=O) groups is 3. The molecule has 138 valence electrons. The molecule has 1 aromatic rings. The standard InChI is InChI=1S/C17H25FN4O3/c1-5-22(11-15(24)21-17(2,3)4)10-14(23)20-16(25)19-13-9-7-6-8-12(13)18/h6-9H,5,10-11H2,1-4H3,(H,21,24)(H2,19,20,23,25). The fourth-order valence-electron chi connectivity index (χ4n) is 2.03. The van der Waals surface area contributed by atoms with Crippen molar-refractivity contribution in [1.29, 1.82) is 0 Å². The average molecular weight is 352 g/mol. The molecular weight excluding hydrogens is 327 g/mol. The summed E-state index contributed by atoms with van der Waals surface area (Å²) in [6.07, 6.45) is 0. The van der Waals surface area contributed by atoms with Crippen LogP contribution in [0.15, 0.2) is 24.3 Å². The molecule has 0 aromatic heterocycles. The van der Waals surface area contributed by atoms with E-state index in [1.54, 1.807) is 17.9 Å². The quantitative estimate of drug-likeness (QED) is 0.727. The van der Waals surface area contributed by atoms with Crippen LogP contribution in [0, 0.1) is 5.82 Å². The highest BCUT2D eigenvalue weighted by Gasteiger charge is 2.18. The molecule has 0 aliphatic heterocycles. The Morgan fingerprint density at radius 2 is 1.68 bits per heavy atom. The zero-order valence-corrected chi connectivity index (χ0v) is 15.0.